The van der Waals surface area contributed by atoms with Crippen molar-refractivity contribution in [3.63, 3.8) is 0 Å². The normalized spacial score (nSPS) is 16.3. The smallest absolute Gasteiger partial charge is 0.216 e. The van der Waals surface area contributed by atoms with Crippen LogP contribution in [0.1, 0.15) is 51.0 Å². The van der Waals surface area contributed by atoms with Crippen molar-refractivity contribution in [2.24, 2.45) is 4.99 Å². The van der Waals surface area contributed by atoms with Crippen LogP contribution >= 0.6 is 35.6 Å². The number of hydrogen-bond donors (Lipinski definition) is 2. The van der Waals surface area contributed by atoms with Gasteiger partial charge in [0, 0.05) is 36.6 Å². The number of nitrogens with one attached hydrogen (secondary N) is 2. The zero-order chi connectivity index (χ0) is 22.3. The van der Waals surface area contributed by atoms with Gasteiger partial charge in [0.05, 0.1) is 25.5 Å². The molecule has 9 heteroatoms. The first-order valence-corrected chi connectivity index (χ1v) is 11.3. The standard InChI is InChI=1S/C23H34ClN5O2.HI/c1-5-25-22(28-16-21-26-15-20(31-21)23(2,3)4)27-14-19(29-10-12-30-13-11-29)17-6-8-18(24)9-7-17;/h6-9,15,19H,5,10-14,16H2,1-4H3,(H2,25,27,28);1H. The molecular weight excluding hydrogens is 541 g/mol. The molecule has 0 saturated carbocycles. The van der Waals surface area contributed by atoms with Crippen molar-refractivity contribution >= 4 is 41.5 Å². The number of rotatable bonds is 7. The van der Waals surface area contributed by atoms with Gasteiger partial charge >= 0.3 is 0 Å². The predicted molar refractivity (Wildman–Crippen MR) is 140 cm³/mol. The molecule has 0 bridgehead atoms. The highest BCUT2D eigenvalue weighted by Gasteiger charge is 2.23. The van der Waals surface area contributed by atoms with E-state index >= 15 is 0 Å². The van der Waals surface area contributed by atoms with Gasteiger partial charge in [-0.2, -0.15) is 0 Å². The van der Waals surface area contributed by atoms with E-state index in [4.69, 9.17) is 20.8 Å². The van der Waals surface area contributed by atoms with Crippen molar-refractivity contribution in [1.82, 2.24) is 20.5 Å². The highest BCUT2D eigenvalue weighted by atomic mass is 127. The van der Waals surface area contributed by atoms with E-state index in [0.29, 0.717) is 19.0 Å². The number of hydrogen-bond acceptors (Lipinski definition) is 5. The summed E-state index contributed by atoms with van der Waals surface area (Å²) in [5, 5.41) is 7.55. The topological polar surface area (TPSA) is 74.9 Å². The molecule has 0 radical (unpaired) electrons. The third-order valence-corrected chi connectivity index (χ3v) is 5.47. The van der Waals surface area contributed by atoms with Crippen LogP contribution in [0.2, 0.25) is 5.02 Å². The Bertz CT molecular complexity index is 845. The summed E-state index contributed by atoms with van der Waals surface area (Å²) in [6, 6.07) is 8.27. The Kier molecular flexibility index (Phi) is 10.7. The summed E-state index contributed by atoms with van der Waals surface area (Å²) in [5.41, 5.74) is 1.15. The molecule has 1 aliphatic rings. The van der Waals surface area contributed by atoms with Gasteiger partial charge < -0.3 is 19.8 Å². The lowest BCUT2D eigenvalue weighted by molar-refractivity contribution is 0.0170. The molecule has 2 heterocycles. The third-order valence-electron chi connectivity index (χ3n) is 5.21. The molecule has 0 aliphatic carbocycles. The zero-order valence-corrected chi connectivity index (χ0v) is 22.4. The van der Waals surface area contributed by atoms with E-state index in [1.54, 1.807) is 6.20 Å². The molecule has 1 fully saturated rings. The Labute approximate surface area is 213 Å². The van der Waals surface area contributed by atoms with Gasteiger partial charge in [0.2, 0.25) is 5.89 Å². The van der Waals surface area contributed by atoms with E-state index < -0.39 is 0 Å². The van der Waals surface area contributed by atoms with E-state index in [2.05, 4.69) is 65.3 Å². The van der Waals surface area contributed by atoms with Crippen molar-refractivity contribution in [3.05, 3.63) is 52.7 Å². The highest BCUT2D eigenvalue weighted by Crippen LogP contribution is 2.24. The highest BCUT2D eigenvalue weighted by molar-refractivity contribution is 14.0. The number of benzene rings is 1. The summed E-state index contributed by atoms with van der Waals surface area (Å²) in [4.78, 5) is 11.5. The van der Waals surface area contributed by atoms with Crippen molar-refractivity contribution < 1.29 is 9.15 Å². The molecule has 2 N–H and O–H groups in total. The Hall–Kier alpha value is -1.36. The number of morpholine rings is 1. The lowest BCUT2D eigenvalue weighted by Crippen LogP contribution is -2.46. The predicted octanol–water partition coefficient (Wildman–Crippen LogP) is 4.37. The number of ether oxygens (including phenoxy) is 1. The molecule has 7 nitrogen and oxygen atoms in total. The summed E-state index contributed by atoms with van der Waals surface area (Å²) >= 11 is 6.11. The number of aliphatic imine (C=N–C) groups is 1. The molecule has 1 unspecified atom stereocenters. The summed E-state index contributed by atoms with van der Waals surface area (Å²) in [7, 11) is 0. The Morgan fingerprint density at radius 2 is 1.88 bits per heavy atom. The number of guanidine groups is 1. The molecular formula is C23H35ClIN5O2. The van der Waals surface area contributed by atoms with Crippen molar-refractivity contribution in [1.29, 1.82) is 0 Å². The lowest BCUT2D eigenvalue weighted by atomic mass is 9.94. The molecule has 0 spiro atoms. The van der Waals surface area contributed by atoms with Gasteiger partial charge in [-0.15, -0.1) is 24.0 Å². The van der Waals surface area contributed by atoms with Crippen LogP contribution in [0.4, 0.5) is 0 Å². The van der Waals surface area contributed by atoms with Gasteiger partial charge in [-0.05, 0) is 24.6 Å². The summed E-state index contributed by atoms with van der Waals surface area (Å²) in [5.74, 6) is 2.22. The lowest BCUT2D eigenvalue weighted by Gasteiger charge is -2.35. The molecule has 1 aliphatic heterocycles. The molecule has 1 saturated heterocycles. The number of nitrogens with zero attached hydrogens (tertiary/aromatic N) is 3. The maximum atomic E-state index is 6.11. The van der Waals surface area contributed by atoms with Crippen molar-refractivity contribution in [2.45, 2.75) is 45.7 Å². The van der Waals surface area contributed by atoms with Crippen LogP contribution in [-0.4, -0.2) is 55.2 Å². The molecule has 1 aromatic heterocycles. The monoisotopic (exact) mass is 575 g/mol. The first kappa shape index (κ1) is 26.9. The fourth-order valence-electron chi connectivity index (χ4n) is 3.44. The van der Waals surface area contributed by atoms with Crippen LogP contribution in [-0.2, 0) is 16.7 Å². The van der Waals surface area contributed by atoms with Gasteiger partial charge in [-0.3, -0.25) is 4.90 Å². The Morgan fingerprint density at radius 3 is 2.47 bits per heavy atom. The minimum absolute atomic E-state index is 0. The minimum atomic E-state index is -0.0678. The van der Waals surface area contributed by atoms with E-state index in [0.717, 1.165) is 49.6 Å². The van der Waals surface area contributed by atoms with Gasteiger partial charge in [0.25, 0.3) is 0 Å². The molecule has 1 aromatic carbocycles. The fourth-order valence-corrected chi connectivity index (χ4v) is 3.57. The molecule has 0 amide bonds. The van der Waals surface area contributed by atoms with Crippen LogP contribution in [0.15, 0.2) is 39.9 Å². The summed E-state index contributed by atoms with van der Waals surface area (Å²) in [6.07, 6.45) is 1.79. The van der Waals surface area contributed by atoms with Gasteiger partial charge in [0.1, 0.15) is 12.3 Å². The van der Waals surface area contributed by atoms with Crippen LogP contribution < -0.4 is 10.6 Å². The van der Waals surface area contributed by atoms with Crippen molar-refractivity contribution in [3.8, 4) is 0 Å². The van der Waals surface area contributed by atoms with E-state index in [1.165, 1.54) is 5.56 Å². The summed E-state index contributed by atoms with van der Waals surface area (Å²) < 4.78 is 11.4. The SMILES string of the molecule is CCNC(=NCc1ncc(C(C)(C)C)o1)NCC(c1ccc(Cl)cc1)N1CCOCC1.I. The molecule has 32 heavy (non-hydrogen) atoms. The van der Waals surface area contributed by atoms with Crippen LogP contribution in [0.25, 0.3) is 0 Å². The minimum Gasteiger partial charge on any atom is -0.443 e. The Balaban J connectivity index is 0.00000363. The van der Waals surface area contributed by atoms with Gasteiger partial charge in [-0.1, -0.05) is 44.5 Å². The number of halogens is 2. The van der Waals surface area contributed by atoms with E-state index in [9.17, 15) is 0 Å². The van der Waals surface area contributed by atoms with E-state index in [1.807, 2.05) is 12.1 Å². The second kappa shape index (κ2) is 12.8. The quantitative estimate of drug-likeness (QED) is 0.290. The number of oxazole rings is 1. The Morgan fingerprint density at radius 1 is 1.19 bits per heavy atom. The third kappa shape index (κ3) is 7.90. The first-order valence-electron chi connectivity index (χ1n) is 10.9. The molecule has 2 aromatic rings. The maximum Gasteiger partial charge on any atom is 0.216 e. The molecule has 3 rings (SSSR count). The maximum absolute atomic E-state index is 6.11. The van der Waals surface area contributed by atoms with Gasteiger partial charge in [-0.25, -0.2) is 9.98 Å². The zero-order valence-electron chi connectivity index (χ0n) is 19.4. The number of aromatic nitrogens is 1. The average Bonchev–Trinajstić information content (AvgIpc) is 3.24. The van der Waals surface area contributed by atoms with E-state index in [-0.39, 0.29) is 35.4 Å². The first-order chi connectivity index (χ1) is 14.9. The van der Waals surface area contributed by atoms with Gasteiger partial charge in [0.15, 0.2) is 5.96 Å². The molecule has 1 atom stereocenters. The van der Waals surface area contributed by atoms with Crippen molar-refractivity contribution in [2.75, 3.05) is 39.4 Å². The largest absolute Gasteiger partial charge is 0.443 e. The van der Waals surface area contributed by atoms with Crippen LogP contribution in [0, 0.1) is 0 Å². The summed E-state index contributed by atoms with van der Waals surface area (Å²) in [6.45, 7) is 13.5. The second-order valence-electron chi connectivity index (χ2n) is 8.66. The molecule has 178 valence electrons. The van der Waals surface area contributed by atoms with Crippen LogP contribution in [0.3, 0.4) is 0 Å². The van der Waals surface area contributed by atoms with Crippen LogP contribution in [0.5, 0.6) is 0 Å². The fraction of sp³-hybridized carbons (Fsp3) is 0.565. The second-order valence-corrected chi connectivity index (χ2v) is 9.10. The average molecular weight is 576 g/mol.